The number of H-pyrrole nitrogens is 1. The number of aromatic nitrogens is 3. The second kappa shape index (κ2) is 7.04. The molecule has 2 aromatic heterocycles. The average Bonchev–Trinajstić information content (AvgIpc) is 3.07. The van der Waals surface area contributed by atoms with Gasteiger partial charge in [-0.3, -0.25) is 9.89 Å². The standard InChI is InChI=1S/C13H18N4O2S/c1-3-19-12(18)5-4-11-9-20-13(16-11)17(2)8-10-6-14-15-7-10/h6-7,9H,3-5,8H2,1-2H3,(H,14,15). The zero-order valence-electron chi connectivity index (χ0n) is 11.6. The van der Waals surface area contributed by atoms with E-state index in [1.165, 1.54) is 0 Å². The first-order chi connectivity index (χ1) is 9.69. The largest absolute Gasteiger partial charge is 0.466 e. The number of nitrogens with zero attached hydrogens (tertiary/aromatic N) is 3. The number of anilines is 1. The SMILES string of the molecule is CCOC(=O)CCc1csc(N(C)Cc2cn[nH]c2)n1. The topological polar surface area (TPSA) is 71.1 Å². The Labute approximate surface area is 121 Å². The lowest BCUT2D eigenvalue weighted by atomic mass is 10.2. The average molecular weight is 294 g/mol. The molecule has 0 saturated carbocycles. The van der Waals surface area contributed by atoms with E-state index in [2.05, 4.69) is 20.1 Å². The molecule has 0 bridgehead atoms. The summed E-state index contributed by atoms with van der Waals surface area (Å²) >= 11 is 1.58. The molecule has 0 unspecified atom stereocenters. The van der Waals surface area contributed by atoms with Gasteiger partial charge in [0.2, 0.25) is 0 Å². The Kier molecular flexibility index (Phi) is 5.11. The van der Waals surface area contributed by atoms with Crippen molar-refractivity contribution in [3.05, 3.63) is 29.0 Å². The van der Waals surface area contributed by atoms with E-state index in [1.807, 2.05) is 25.5 Å². The van der Waals surface area contributed by atoms with Crippen LogP contribution in [-0.2, 0) is 22.5 Å². The molecule has 0 amide bonds. The molecule has 0 saturated heterocycles. The molecule has 0 fully saturated rings. The highest BCUT2D eigenvalue weighted by atomic mass is 32.1. The van der Waals surface area contributed by atoms with E-state index in [9.17, 15) is 4.79 Å². The summed E-state index contributed by atoms with van der Waals surface area (Å²) < 4.78 is 4.90. The molecule has 2 heterocycles. The number of carbonyl (C=O) groups excluding carboxylic acids is 1. The maximum Gasteiger partial charge on any atom is 0.306 e. The Bertz CT molecular complexity index is 538. The molecule has 0 aliphatic rings. The lowest BCUT2D eigenvalue weighted by molar-refractivity contribution is -0.143. The number of carbonyl (C=O) groups is 1. The van der Waals surface area contributed by atoms with Gasteiger partial charge in [-0.2, -0.15) is 5.10 Å². The van der Waals surface area contributed by atoms with Crippen LogP contribution in [-0.4, -0.2) is 34.8 Å². The van der Waals surface area contributed by atoms with Gasteiger partial charge in [0.15, 0.2) is 5.13 Å². The summed E-state index contributed by atoms with van der Waals surface area (Å²) in [7, 11) is 1.99. The number of nitrogens with one attached hydrogen (secondary N) is 1. The van der Waals surface area contributed by atoms with Crippen LogP contribution in [0.1, 0.15) is 24.6 Å². The Morgan fingerprint density at radius 3 is 3.10 bits per heavy atom. The van der Waals surface area contributed by atoms with E-state index < -0.39 is 0 Å². The van der Waals surface area contributed by atoms with E-state index in [4.69, 9.17) is 4.74 Å². The molecular formula is C13H18N4O2S. The number of rotatable bonds is 7. The molecule has 0 radical (unpaired) electrons. The summed E-state index contributed by atoms with van der Waals surface area (Å²) in [6.45, 7) is 2.99. The fourth-order valence-corrected chi connectivity index (χ4v) is 2.58. The summed E-state index contributed by atoms with van der Waals surface area (Å²) in [5, 5.41) is 9.63. The Morgan fingerprint density at radius 1 is 1.55 bits per heavy atom. The highest BCUT2D eigenvalue weighted by molar-refractivity contribution is 7.13. The van der Waals surface area contributed by atoms with Gasteiger partial charge in [-0.25, -0.2) is 4.98 Å². The van der Waals surface area contributed by atoms with Gasteiger partial charge < -0.3 is 9.64 Å². The smallest absolute Gasteiger partial charge is 0.306 e. The molecule has 0 aromatic carbocycles. The quantitative estimate of drug-likeness (QED) is 0.791. The predicted molar refractivity (Wildman–Crippen MR) is 77.8 cm³/mol. The molecule has 0 spiro atoms. The van der Waals surface area contributed by atoms with Gasteiger partial charge in [0, 0.05) is 37.2 Å². The van der Waals surface area contributed by atoms with Crippen LogP contribution in [0.3, 0.4) is 0 Å². The van der Waals surface area contributed by atoms with Gasteiger partial charge >= 0.3 is 5.97 Å². The maximum absolute atomic E-state index is 11.3. The molecule has 6 nitrogen and oxygen atoms in total. The molecule has 2 rings (SSSR count). The van der Waals surface area contributed by atoms with Gasteiger partial charge in [-0.05, 0) is 6.92 Å². The lowest BCUT2D eigenvalue weighted by Crippen LogP contribution is -2.15. The minimum Gasteiger partial charge on any atom is -0.466 e. The Morgan fingerprint density at radius 2 is 2.40 bits per heavy atom. The second-order valence-electron chi connectivity index (χ2n) is 4.39. The number of ether oxygens (including phenoxy) is 1. The Balaban J connectivity index is 1.86. The van der Waals surface area contributed by atoms with Gasteiger partial charge in [0.05, 0.1) is 24.9 Å². The van der Waals surface area contributed by atoms with E-state index in [0.717, 1.165) is 22.9 Å². The van der Waals surface area contributed by atoms with Crippen LogP contribution >= 0.6 is 11.3 Å². The number of aromatic amines is 1. The second-order valence-corrected chi connectivity index (χ2v) is 5.23. The van der Waals surface area contributed by atoms with E-state index in [-0.39, 0.29) is 5.97 Å². The van der Waals surface area contributed by atoms with E-state index in [0.29, 0.717) is 19.4 Å². The van der Waals surface area contributed by atoms with Crippen molar-refractivity contribution in [2.75, 3.05) is 18.6 Å². The highest BCUT2D eigenvalue weighted by Crippen LogP contribution is 2.21. The molecule has 20 heavy (non-hydrogen) atoms. The molecular weight excluding hydrogens is 276 g/mol. The number of thiazole rings is 1. The lowest BCUT2D eigenvalue weighted by Gasteiger charge is -2.13. The predicted octanol–water partition coefficient (Wildman–Crippen LogP) is 2.00. The molecule has 7 heteroatoms. The van der Waals surface area contributed by atoms with Crippen molar-refractivity contribution in [3.8, 4) is 0 Å². The minimum absolute atomic E-state index is 0.172. The molecule has 0 atom stereocenters. The van der Waals surface area contributed by atoms with Crippen LogP contribution < -0.4 is 4.90 Å². The van der Waals surface area contributed by atoms with Crippen LogP contribution in [0.4, 0.5) is 5.13 Å². The minimum atomic E-state index is -0.172. The highest BCUT2D eigenvalue weighted by Gasteiger charge is 2.10. The summed E-state index contributed by atoms with van der Waals surface area (Å²) in [6.07, 6.45) is 4.66. The molecule has 1 N–H and O–H groups in total. The number of hydrogen-bond donors (Lipinski definition) is 1. The third kappa shape index (κ3) is 4.06. The zero-order chi connectivity index (χ0) is 14.4. The molecule has 2 aromatic rings. The van der Waals surface area contributed by atoms with Crippen molar-refractivity contribution < 1.29 is 9.53 Å². The number of aryl methyl sites for hydroxylation is 1. The van der Waals surface area contributed by atoms with Crippen molar-refractivity contribution in [2.24, 2.45) is 0 Å². The zero-order valence-corrected chi connectivity index (χ0v) is 12.4. The monoisotopic (exact) mass is 294 g/mol. The van der Waals surface area contributed by atoms with Crippen LogP contribution in [0.2, 0.25) is 0 Å². The summed E-state index contributed by atoms with van der Waals surface area (Å²) in [5.41, 5.74) is 2.04. The van der Waals surface area contributed by atoms with Crippen LogP contribution in [0.25, 0.3) is 0 Å². The van der Waals surface area contributed by atoms with E-state index in [1.54, 1.807) is 17.5 Å². The summed E-state index contributed by atoms with van der Waals surface area (Å²) in [5.74, 6) is -0.172. The first-order valence-corrected chi connectivity index (χ1v) is 7.35. The van der Waals surface area contributed by atoms with Gasteiger partial charge in [0.1, 0.15) is 0 Å². The van der Waals surface area contributed by atoms with E-state index >= 15 is 0 Å². The van der Waals surface area contributed by atoms with Crippen molar-refractivity contribution in [3.63, 3.8) is 0 Å². The van der Waals surface area contributed by atoms with Gasteiger partial charge in [0.25, 0.3) is 0 Å². The van der Waals surface area contributed by atoms with Gasteiger partial charge in [-0.1, -0.05) is 0 Å². The number of esters is 1. The third-order valence-corrected chi connectivity index (χ3v) is 3.74. The first kappa shape index (κ1) is 14.5. The summed E-state index contributed by atoms with van der Waals surface area (Å²) in [4.78, 5) is 17.9. The molecule has 0 aliphatic heterocycles. The number of hydrogen-bond acceptors (Lipinski definition) is 6. The first-order valence-electron chi connectivity index (χ1n) is 6.48. The summed E-state index contributed by atoms with van der Waals surface area (Å²) in [6, 6.07) is 0. The van der Waals surface area contributed by atoms with Gasteiger partial charge in [-0.15, -0.1) is 11.3 Å². The van der Waals surface area contributed by atoms with Crippen molar-refractivity contribution >= 4 is 22.4 Å². The third-order valence-electron chi connectivity index (χ3n) is 2.73. The maximum atomic E-state index is 11.3. The van der Waals surface area contributed by atoms with Crippen LogP contribution in [0.5, 0.6) is 0 Å². The molecule has 0 aliphatic carbocycles. The Hall–Kier alpha value is -1.89. The van der Waals surface area contributed by atoms with Crippen molar-refractivity contribution in [1.29, 1.82) is 0 Å². The van der Waals surface area contributed by atoms with Crippen molar-refractivity contribution in [1.82, 2.24) is 15.2 Å². The van der Waals surface area contributed by atoms with Crippen molar-refractivity contribution in [2.45, 2.75) is 26.3 Å². The molecule has 108 valence electrons. The fraction of sp³-hybridized carbons (Fsp3) is 0.462. The van der Waals surface area contributed by atoms with Crippen LogP contribution in [0.15, 0.2) is 17.8 Å². The normalized spacial score (nSPS) is 10.5. The fourth-order valence-electron chi connectivity index (χ4n) is 1.76. The van der Waals surface area contributed by atoms with Crippen LogP contribution in [0, 0.1) is 0 Å².